The molecule has 31 heavy (non-hydrogen) atoms. The van der Waals surface area contributed by atoms with Crippen molar-refractivity contribution in [3.05, 3.63) is 47.9 Å². The SMILES string of the molecule is O=C(Nc1cccc(Cl)c1)N1CCCN(C(=O)C2CCCN(c3cnccn3)C2)CC1. The molecule has 2 fully saturated rings. The first-order valence-corrected chi connectivity index (χ1v) is 11.1. The van der Waals surface area contributed by atoms with Crippen LogP contribution in [0.3, 0.4) is 0 Å². The largest absolute Gasteiger partial charge is 0.355 e. The number of rotatable bonds is 3. The standard InChI is InChI=1S/C22H27ClN6O2/c23-18-5-1-6-19(14-18)26-22(31)28-11-3-10-27(12-13-28)21(30)17-4-2-9-29(16-17)20-15-24-7-8-25-20/h1,5-8,14-15,17H,2-4,9-13,16H2,(H,26,31). The fraction of sp³-hybridized carbons (Fsp3) is 0.455. The summed E-state index contributed by atoms with van der Waals surface area (Å²) in [5.74, 6) is 0.938. The third-order valence-electron chi connectivity index (χ3n) is 5.81. The van der Waals surface area contributed by atoms with Gasteiger partial charge in [0.25, 0.3) is 0 Å². The summed E-state index contributed by atoms with van der Waals surface area (Å²) in [5, 5.41) is 3.47. The Bertz CT molecular complexity index is 912. The highest BCUT2D eigenvalue weighted by atomic mass is 35.5. The van der Waals surface area contributed by atoms with E-state index in [1.165, 1.54) is 0 Å². The molecule has 2 aliphatic rings. The van der Waals surface area contributed by atoms with E-state index in [1.54, 1.807) is 41.7 Å². The third kappa shape index (κ3) is 5.44. The minimum absolute atomic E-state index is 0.0532. The predicted octanol–water partition coefficient (Wildman–Crippen LogP) is 3.11. The summed E-state index contributed by atoms with van der Waals surface area (Å²) in [6.45, 7) is 3.89. The van der Waals surface area contributed by atoms with Crippen molar-refractivity contribution >= 4 is 35.0 Å². The number of aromatic nitrogens is 2. The van der Waals surface area contributed by atoms with Crippen LogP contribution < -0.4 is 10.2 Å². The molecule has 4 rings (SSSR count). The number of carbonyl (C=O) groups excluding carboxylic acids is 2. The molecule has 0 spiro atoms. The maximum absolute atomic E-state index is 13.2. The van der Waals surface area contributed by atoms with Gasteiger partial charge in [0.15, 0.2) is 0 Å². The van der Waals surface area contributed by atoms with Crippen molar-refractivity contribution in [1.82, 2.24) is 19.8 Å². The van der Waals surface area contributed by atoms with Crippen LogP contribution in [0.4, 0.5) is 16.3 Å². The highest BCUT2D eigenvalue weighted by Crippen LogP contribution is 2.23. The zero-order valence-electron chi connectivity index (χ0n) is 17.4. The predicted molar refractivity (Wildman–Crippen MR) is 120 cm³/mol. The van der Waals surface area contributed by atoms with E-state index >= 15 is 0 Å². The fourth-order valence-electron chi connectivity index (χ4n) is 4.21. The summed E-state index contributed by atoms with van der Waals surface area (Å²) >= 11 is 6.00. The number of hydrogen-bond donors (Lipinski definition) is 1. The van der Waals surface area contributed by atoms with Gasteiger partial charge in [-0.25, -0.2) is 9.78 Å². The average molecular weight is 443 g/mol. The molecule has 2 saturated heterocycles. The molecule has 9 heteroatoms. The number of benzene rings is 1. The molecule has 8 nitrogen and oxygen atoms in total. The van der Waals surface area contributed by atoms with Gasteiger partial charge in [-0.2, -0.15) is 0 Å². The molecule has 2 aromatic rings. The second-order valence-corrected chi connectivity index (χ2v) is 8.39. The third-order valence-corrected chi connectivity index (χ3v) is 6.05. The first-order valence-electron chi connectivity index (χ1n) is 10.7. The molecule has 0 aliphatic carbocycles. The molecule has 0 saturated carbocycles. The number of amides is 3. The molecule has 0 bridgehead atoms. The van der Waals surface area contributed by atoms with Crippen LogP contribution >= 0.6 is 11.6 Å². The smallest absolute Gasteiger partial charge is 0.321 e. The molecule has 1 atom stereocenters. The molecular formula is C22H27ClN6O2. The first kappa shape index (κ1) is 21.4. The van der Waals surface area contributed by atoms with Crippen molar-refractivity contribution in [2.45, 2.75) is 19.3 Å². The van der Waals surface area contributed by atoms with Gasteiger partial charge in [0.05, 0.1) is 12.1 Å². The van der Waals surface area contributed by atoms with Gasteiger partial charge in [-0.05, 0) is 37.5 Å². The summed E-state index contributed by atoms with van der Waals surface area (Å²) in [7, 11) is 0. The van der Waals surface area contributed by atoms with Crippen LogP contribution in [-0.2, 0) is 4.79 Å². The van der Waals surface area contributed by atoms with E-state index in [0.29, 0.717) is 43.4 Å². The van der Waals surface area contributed by atoms with E-state index in [2.05, 4.69) is 20.2 Å². The Hall–Kier alpha value is -2.87. The van der Waals surface area contributed by atoms with Crippen molar-refractivity contribution in [2.24, 2.45) is 5.92 Å². The van der Waals surface area contributed by atoms with Crippen LogP contribution in [-0.4, -0.2) is 71.0 Å². The molecule has 0 radical (unpaired) electrons. The Balaban J connectivity index is 1.32. The van der Waals surface area contributed by atoms with Gasteiger partial charge in [0.1, 0.15) is 5.82 Å². The normalized spacial score (nSPS) is 19.6. The van der Waals surface area contributed by atoms with Gasteiger partial charge in [-0.15, -0.1) is 0 Å². The second-order valence-electron chi connectivity index (χ2n) is 7.96. The maximum Gasteiger partial charge on any atom is 0.321 e. The summed E-state index contributed by atoms with van der Waals surface area (Å²) in [5.41, 5.74) is 0.668. The van der Waals surface area contributed by atoms with Gasteiger partial charge in [-0.3, -0.25) is 9.78 Å². The number of urea groups is 1. The molecule has 1 aromatic heterocycles. The fourth-order valence-corrected chi connectivity index (χ4v) is 4.40. The van der Waals surface area contributed by atoms with E-state index in [9.17, 15) is 9.59 Å². The second kappa shape index (κ2) is 9.96. The van der Waals surface area contributed by atoms with Gasteiger partial charge in [0, 0.05) is 62.4 Å². The summed E-state index contributed by atoms with van der Waals surface area (Å²) in [6, 6.07) is 6.93. The maximum atomic E-state index is 13.2. The highest BCUT2D eigenvalue weighted by Gasteiger charge is 2.31. The number of nitrogens with zero attached hydrogens (tertiary/aromatic N) is 5. The molecule has 2 aliphatic heterocycles. The molecule has 3 heterocycles. The lowest BCUT2D eigenvalue weighted by Crippen LogP contribution is -2.46. The van der Waals surface area contributed by atoms with Gasteiger partial charge in [-0.1, -0.05) is 17.7 Å². The minimum atomic E-state index is -0.164. The van der Waals surface area contributed by atoms with Crippen LogP contribution in [0.5, 0.6) is 0 Å². The Morgan fingerprint density at radius 3 is 2.68 bits per heavy atom. The zero-order valence-corrected chi connectivity index (χ0v) is 18.2. The van der Waals surface area contributed by atoms with E-state index in [-0.39, 0.29) is 17.9 Å². The minimum Gasteiger partial charge on any atom is -0.355 e. The number of piperidine rings is 1. The van der Waals surface area contributed by atoms with E-state index in [4.69, 9.17) is 11.6 Å². The first-order chi connectivity index (χ1) is 15.1. The summed E-state index contributed by atoms with van der Waals surface area (Å²) in [6.07, 6.45) is 7.67. The summed E-state index contributed by atoms with van der Waals surface area (Å²) < 4.78 is 0. The highest BCUT2D eigenvalue weighted by molar-refractivity contribution is 6.30. The topological polar surface area (TPSA) is 81.7 Å². The lowest BCUT2D eigenvalue weighted by molar-refractivity contribution is -0.135. The molecule has 3 amide bonds. The van der Waals surface area contributed by atoms with Crippen molar-refractivity contribution in [3.63, 3.8) is 0 Å². The van der Waals surface area contributed by atoms with Crippen LogP contribution in [0, 0.1) is 5.92 Å². The number of hydrogen-bond acceptors (Lipinski definition) is 5. The van der Waals surface area contributed by atoms with Crippen molar-refractivity contribution < 1.29 is 9.59 Å². The van der Waals surface area contributed by atoms with E-state index < -0.39 is 0 Å². The Kier molecular flexibility index (Phi) is 6.86. The lowest BCUT2D eigenvalue weighted by Gasteiger charge is -2.35. The Morgan fingerprint density at radius 2 is 1.87 bits per heavy atom. The van der Waals surface area contributed by atoms with Gasteiger partial charge < -0.3 is 20.0 Å². The molecule has 164 valence electrons. The van der Waals surface area contributed by atoms with E-state index in [1.807, 2.05) is 11.0 Å². The number of anilines is 2. The van der Waals surface area contributed by atoms with Crippen LogP contribution in [0.1, 0.15) is 19.3 Å². The van der Waals surface area contributed by atoms with Crippen LogP contribution in [0.25, 0.3) is 0 Å². The monoisotopic (exact) mass is 442 g/mol. The Labute approximate surface area is 187 Å². The molecule has 1 aromatic carbocycles. The number of carbonyl (C=O) groups is 2. The molecule has 1 unspecified atom stereocenters. The van der Waals surface area contributed by atoms with Crippen LogP contribution in [0.2, 0.25) is 5.02 Å². The molecular weight excluding hydrogens is 416 g/mol. The molecule has 1 N–H and O–H groups in total. The quantitative estimate of drug-likeness (QED) is 0.789. The Morgan fingerprint density at radius 1 is 1.03 bits per heavy atom. The number of halogens is 1. The van der Waals surface area contributed by atoms with Gasteiger partial charge in [0.2, 0.25) is 5.91 Å². The average Bonchev–Trinajstić information content (AvgIpc) is 3.06. The van der Waals surface area contributed by atoms with Crippen molar-refractivity contribution in [3.8, 4) is 0 Å². The van der Waals surface area contributed by atoms with Crippen molar-refractivity contribution in [2.75, 3.05) is 49.5 Å². The summed E-state index contributed by atoms with van der Waals surface area (Å²) in [4.78, 5) is 40.2. The van der Waals surface area contributed by atoms with Crippen molar-refractivity contribution in [1.29, 1.82) is 0 Å². The number of nitrogens with one attached hydrogen (secondary N) is 1. The van der Waals surface area contributed by atoms with Gasteiger partial charge >= 0.3 is 6.03 Å². The zero-order chi connectivity index (χ0) is 21.6. The lowest BCUT2D eigenvalue weighted by atomic mass is 9.96. The van der Waals surface area contributed by atoms with E-state index in [0.717, 1.165) is 31.6 Å². The van der Waals surface area contributed by atoms with Crippen LogP contribution in [0.15, 0.2) is 42.9 Å².